The average molecular weight is 340 g/mol. The first-order chi connectivity index (χ1) is 12.2. The van der Waals surface area contributed by atoms with Gasteiger partial charge in [-0.15, -0.1) is 0 Å². The van der Waals surface area contributed by atoms with Crippen molar-refractivity contribution >= 4 is 18.4 Å². The first-order valence-electron chi connectivity index (χ1n) is 8.09. The zero-order chi connectivity index (χ0) is 17.9. The minimum absolute atomic E-state index is 0.115. The van der Waals surface area contributed by atoms with Gasteiger partial charge in [-0.25, -0.2) is 0 Å². The molecule has 0 atom stereocenters. The fourth-order valence-electron chi connectivity index (χ4n) is 2.15. The molecular formula is C20H20O5. The molecule has 25 heavy (non-hydrogen) atoms. The summed E-state index contributed by atoms with van der Waals surface area (Å²) in [6.45, 7) is 0.757. The summed E-state index contributed by atoms with van der Waals surface area (Å²) in [5, 5.41) is 0. The lowest BCUT2D eigenvalue weighted by Gasteiger charge is -2.07. The highest BCUT2D eigenvalue weighted by Gasteiger charge is 2.04. The Labute approximate surface area is 146 Å². The van der Waals surface area contributed by atoms with Gasteiger partial charge in [-0.3, -0.25) is 14.4 Å². The van der Waals surface area contributed by atoms with E-state index >= 15 is 0 Å². The van der Waals surface area contributed by atoms with Crippen LogP contribution < -0.4 is 9.47 Å². The second-order valence-corrected chi connectivity index (χ2v) is 5.46. The Morgan fingerprint density at radius 3 is 1.68 bits per heavy atom. The molecule has 0 amide bonds. The molecule has 5 nitrogen and oxygen atoms in total. The second-order valence-electron chi connectivity index (χ2n) is 5.46. The van der Waals surface area contributed by atoms with Gasteiger partial charge in [0.2, 0.25) is 0 Å². The number of hydrogen-bond donors (Lipinski definition) is 0. The van der Waals surface area contributed by atoms with E-state index in [1.807, 2.05) is 0 Å². The van der Waals surface area contributed by atoms with Crippen molar-refractivity contribution in [2.75, 3.05) is 13.2 Å². The van der Waals surface area contributed by atoms with E-state index in [0.717, 1.165) is 12.6 Å². The second kappa shape index (κ2) is 10.0. The summed E-state index contributed by atoms with van der Waals surface area (Å²) in [4.78, 5) is 32.9. The highest BCUT2D eigenvalue weighted by Crippen LogP contribution is 2.13. The Morgan fingerprint density at radius 2 is 1.20 bits per heavy atom. The maximum atomic E-state index is 11.8. The van der Waals surface area contributed by atoms with Gasteiger partial charge < -0.3 is 9.47 Å². The number of Topliss-reactive ketones (excluding diaryl/α,β-unsaturated/α-hetero) is 1. The third-order valence-corrected chi connectivity index (χ3v) is 3.55. The monoisotopic (exact) mass is 340 g/mol. The van der Waals surface area contributed by atoms with Gasteiger partial charge in [0.15, 0.2) is 0 Å². The third kappa shape index (κ3) is 6.59. The molecule has 0 radical (unpaired) electrons. The van der Waals surface area contributed by atoms with Gasteiger partial charge in [0, 0.05) is 24.0 Å². The number of carbonyl (C=O) groups is 3. The van der Waals surface area contributed by atoms with Gasteiger partial charge in [-0.1, -0.05) is 0 Å². The molecule has 0 aliphatic heterocycles. The molecule has 0 unspecified atom stereocenters. The van der Waals surface area contributed by atoms with Crippen molar-refractivity contribution < 1.29 is 23.9 Å². The van der Waals surface area contributed by atoms with Crippen LogP contribution in [0.15, 0.2) is 48.5 Å². The summed E-state index contributed by atoms with van der Waals surface area (Å²) < 4.78 is 11.0. The van der Waals surface area contributed by atoms with Crippen LogP contribution in [0.5, 0.6) is 11.5 Å². The van der Waals surface area contributed by atoms with E-state index in [9.17, 15) is 14.4 Å². The molecule has 0 bridgehead atoms. The van der Waals surface area contributed by atoms with Gasteiger partial charge in [0.25, 0.3) is 0 Å². The Kier molecular flexibility index (Phi) is 7.38. The molecule has 2 aromatic carbocycles. The summed E-state index contributed by atoms with van der Waals surface area (Å²) in [6.07, 6.45) is 2.94. The number of rotatable bonds is 11. The lowest BCUT2D eigenvalue weighted by molar-refractivity contribution is -0.119. The Hall–Kier alpha value is -2.95. The number of aldehydes is 2. The smallest absolute Gasteiger partial charge is 0.150 e. The minimum atomic E-state index is 0.115. The van der Waals surface area contributed by atoms with E-state index in [4.69, 9.17) is 9.47 Å². The van der Waals surface area contributed by atoms with Gasteiger partial charge in [-0.2, -0.15) is 0 Å². The highest BCUT2D eigenvalue weighted by atomic mass is 16.5. The summed E-state index contributed by atoms with van der Waals surface area (Å²) >= 11 is 0. The van der Waals surface area contributed by atoms with E-state index < -0.39 is 0 Å². The molecule has 2 aromatic rings. The molecule has 130 valence electrons. The number of benzene rings is 2. The first kappa shape index (κ1) is 18.4. The molecule has 2 rings (SSSR count). The van der Waals surface area contributed by atoms with Gasteiger partial charge in [-0.05, 0) is 55.0 Å². The SMILES string of the molecule is O=Cc1ccc(OCCCC(=O)CCOc2ccc(C=O)cc2)cc1. The van der Waals surface area contributed by atoms with Gasteiger partial charge in [0.1, 0.15) is 29.9 Å². The number of hydrogen-bond acceptors (Lipinski definition) is 5. The van der Waals surface area contributed by atoms with Crippen LogP contribution in [0.3, 0.4) is 0 Å². The van der Waals surface area contributed by atoms with Gasteiger partial charge >= 0.3 is 0 Å². The first-order valence-corrected chi connectivity index (χ1v) is 8.09. The summed E-state index contributed by atoms with van der Waals surface area (Å²) in [6, 6.07) is 13.6. The topological polar surface area (TPSA) is 69.7 Å². The van der Waals surface area contributed by atoms with Crippen molar-refractivity contribution in [2.24, 2.45) is 0 Å². The number of ether oxygens (including phenoxy) is 2. The van der Waals surface area contributed by atoms with Crippen molar-refractivity contribution in [1.29, 1.82) is 0 Å². The van der Waals surface area contributed by atoms with Crippen LogP contribution in [0.25, 0.3) is 0 Å². The molecular weight excluding hydrogens is 320 g/mol. The third-order valence-electron chi connectivity index (χ3n) is 3.55. The van der Waals surface area contributed by atoms with Crippen LogP contribution in [0.2, 0.25) is 0 Å². The zero-order valence-electron chi connectivity index (χ0n) is 13.9. The maximum Gasteiger partial charge on any atom is 0.150 e. The summed E-state index contributed by atoms with van der Waals surface area (Å²) in [7, 11) is 0. The Morgan fingerprint density at radius 1 is 0.720 bits per heavy atom. The molecule has 0 spiro atoms. The Bertz CT molecular complexity index is 689. The lowest BCUT2D eigenvalue weighted by atomic mass is 10.2. The van der Waals surface area contributed by atoms with E-state index in [1.54, 1.807) is 48.5 Å². The maximum absolute atomic E-state index is 11.8. The molecule has 0 fully saturated rings. The number of ketones is 1. The minimum Gasteiger partial charge on any atom is -0.494 e. The molecule has 0 N–H and O–H groups in total. The normalized spacial score (nSPS) is 10.1. The lowest BCUT2D eigenvalue weighted by Crippen LogP contribution is -2.08. The van der Waals surface area contributed by atoms with Crippen molar-refractivity contribution in [2.45, 2.75) is 19.3 Å². The standard InChI is InChI=1S/C20H20O5/c21-14-16-3-7-19(8-4-16)24-12-1-2-18(23)11-13-25-20-9-5-17(15-22)6-10-20/h3-10,14-15H,1-2,11-13H2. The molecule has 0 saturated heterocycles. The van der Waals surface area contributed by atoms with Gasteiger partial charge in [0.05, 0.1) is 13.2 Å². The zero-order valence-corrected chi connectivity index (χ0v) is 13.9. The average Bonchev–Trinajstić information content (AvgIpc) is 2.66. The van der Waals surface area contributed by atoms with Crippen LogP contribution in [0.4, 0.5) is 0 Å². The molecule has 0 aliphatic rings. The molecule has 0 aromatic heterocycles. The van der Waals surface area contributed by atoms with Crippen molar-refractivity contribution in [3.05, 3.63) is 59.7 Å². The quantitative estimate of drug-likeness (QED) is 0.462. The highest BCUT2D eigenvalue weighted by molar-refractivity contribution is 5.78. The van der Waals surface area contributed by atoms with Crippen molar-refractivity contribution in [3.63, 3.8) is 0 Å². The Balaban J connectivity index is 1.58. The van der Waals surface area contributed by atoms with E-state index in [0.29, 0.717) is 55.1 Å². The summed E-state index contributed by atoms with van der Waals surface area (Å²) in [5.41, 5.74) is 1.19. The van der Waals surface area contributed by atoms with Crippen LogP contribution >= 0.6 is 0 Å². The molecule has 0 heterocycles. The van der Waals surface area contributed by atoms with Crippen molar-refractivity contribution in [1.82, 2.24) is 0 Å². The predicted octanol–water partition coefficient (Wildman–Crippen LogP) is 3.51. The van der Waals surface area contributed by atoms with E-state index in [1.165, 1.54) is 0 Å². The fourth-order valence-corrected chi connectivity index (χ4v) is 2.15. The van der Waals surface area contributed by atoms with E-state index in [-0.39, 0.29) is 5.78 Å². The fraction of sp³-hybridized carbons (Fsp3) is 0.250. The van der Waals surface area contributed by atoms with Crippen LogP contribution in [0, 0.1) is 0 Å². The summed E-state index contributed by atoms with van der Waals surface area (Å²) in [5.74, 6) is 1.44. The molecule has 0 saturated carbocycles. The number of carbonyl (C=O) groups excluding carboxylic acids is 3. The molecule has 5 heteroatoms. The van der Waals surface area contributed by atoms with E-state index in [2.05, 4.69) is 0 Å². The largest absolute Gasteiger partial charge is 0.494 e. The van der Waals surface area contributed by atoms with Crippen LogP contribution in [-0.4, -0.2) is 31.6 Å². The van der Waals surface area contributed by atoms with Crippen LogP contribution in [-0.2, 0) is 4.79 Å². The predicted molar refractivity (Wildman–Crippen MR) is 93.5 cm³/mol. The molecule has 0 aliphatic carbocycles. The van der Waals surface area contributed by atoms with Crippen LogP contribution in [0.1, 0.15) is 40.0 Å². The van der Waals surface area contributed by atoms with Crippen molar-refractivity contribution in [3.8, 4) is 11.5 Å².